The van der Waals surface area contributed by atoms with Crippen LogP contribution in [0.3, 0.4) is 0 Å². The van der Waals surface area contributed by atoms with Crippen molar-refractivity contribution >= 4 is 11.6 Å². The second-order valence-corrected chi connectivity index (χ2v) is 7.26. The van der Waals surface area contributed by atoms with Crippen molar-refractivity contribution in [3.63, 3.8) is 0 Å². The van der Waals surface area contributed by atoms with E-state index in [9.17, 15) is 14.4 Å². The van der Waals surface area contributed by atoms with E-state index in [0.717, 1.165) is 35.8 Å². The van der Waals surface area contributed by atoms with E-state index in [-0.39, 0.29) is 30.3 Å². The number of benzene rings is 1. The second-order valence-electron chi connectivity index (χ2n) is 7.26. The van der Waals surface area contributed by atoms with E-state index in [1.165, 1.54) is 11.6 Å². The lowest BCUT2D eigenvalue weighted by molar-refractivity contribution is 0.0919. The minimum absolute atomic E-state index is 0.0585. The monoisotopic (exact) mass is 370 g/mol. The van der Waals surface area contributed by atoms with Gasteiger partial charge in [0.05, 0.1) is 13.1 Å². The highest BCUT2D eigenvalue weighted by atomic mass is 16.2. The Morgan fingerprint density at radius 3 is 2.44 bits per heavy atom. The van der Waals surface area contributed by atoms with E-state index in [0.29, 0.717) is 6.04 Å². The summed E-state index contributed by atoms with van der Waals surface area (Å²) in [5.41, 5.74) is 5.75. The van der Waals surface area contributed by atoms with E-state index in [1.54, 1.807) is 0 Å². The average Bonchev–Trinajstić information content (AvgIpc) is 3.19. The number of Topliss-reactive ketones (excluding diaryl/α,β-unsaturated/α-hetero) is 1. The first-order chi connectivity index (χ1) is 12.9. The summed E-state index contributed by atoms with van der Waals surface area (Å²) in [6.45, 7) is 0.325. The van der Waals surface area contributed by atoms with Gasteiger partial charge in [-0.05, 0) is 25.5 Å². The standard InChI is InChI=1S/C20H26N4O3/c1-22(15-10-6-7-11-15)13-16(25)17-18(21)24(20(27)23(2)19(17)26)12-14-8-4-3-5-9-14/h3-5,8-9,15H,6-7,10-13,21H2,1-2H3. The molecule has 1 aromatic carbocycles. The lowest BCUT2D eigenvalue weighted by Crippen LogP contribution is -2.44. The van der Waals surface area contributed by atoms with Gasteiger partial charge in [0.25, 0.3) is 5.56 Å². The Labute approximate surface area is 158 Å². The Morgan fingerprint density at radius 2 is 1.81 bits per heavy atom. The summed E-state index contributed by atoms with van der Waals surface area (Å²) in [7, 11) is 3.28. The van der Waals surface area contributed by atoms with Crippen LogP contribution in [-0.4, -0.2) is 39.5 Å². The highest BCUT2D eigenvalue weighted by Crippen LogP contribution is 2.22. The summed E-state index contributed by atoms with van der Waals surface area (Å²) in [5, 5.41) is 0. The fraction of sp³-hybridized carbons (Fsp3) is 0.450. The number of likely N-dealkylation sites (N-methyl/N-ethyl adjacent to an activating group) is 1. The third-order valence-electron chi connectivity index (χ3n) is 5.39. The van der Waals surface area contributed by atoms with Gasteiger partial charge in [-0.1, -0.05) is 43.2 Å². The summed E-state index contributed by atoms with van der Waals surface area (Å²) in [5.74, 6) is -0.402. The molecule has 144 valence electrons. The predicted molar refractivity (Wildman–Crippen MR) is 105 cm³/mol. The minimum Gasteiger partial charge on any atom is -0.384 e. The normalized spacial score (nSPS) is 14.8. The molecule has 27 heavy (non-hydrogen) atoms. The molecular formula is C20H26N4O3. The topological polar surface area (TPSA) is 90.3 Å². The Bertz CT molecular complexity index is 940. The third-order valence-corrected chi connectivity index (χ3v) is 5.39. The van der Waals surface area contributed by atoms with Gasteiger partial charge in [-0.2, -0.15) is 0 Å². The number of rotatable bonds is 6. The molecule has 0 radical (unpaired) electrons. The highest BCUT2D eigenvalue weighted by Gasteiger charge is 2.26. The number of aromatic nitrogens is 2. The van der Waals surface area contributed by atoms with Crippen LogP contribution in [0, 0.1) is 0 Å². The lowest BCUT2D eigenvalue weighted by Gasteiger charge is -2.23. The van der Waals surface area contributed by atoms with Crippen molar-refractivity contribution in [1.82, 2.24) is 14.0 Å². The molecule has 2 aromatic rings. The van der Waals surface area contributed by atoms with Crippen molar-refractivity contribution in [2.75, 3.05) is 19.3 Å². The number of anilines is 1. The van der Waals surface area contributed by atoms with Crippen LogP contribution in [0.4, 0.5) is 5.82 Å². The molecule has 0 amide bonds. The van der Waals surface area contributed by atoms with Gasteiger partial charge in [0, 0.05) is 13.1 Å². The van der Waals surface area contributed by atoms with Crippen molar-refractivity contribution in [1.29, 1.82) is 0 Å². The van der Waals surface area contributed by atoms with Gasteiger partial charge in [0.15, 0.2) is 5.78 Å². The summed E-state index contributed by atoms with van der Waals surface area (Å²) in [6, 6.07) is 9.69. The molecular weight excluding hydrogens is 344 g/mol. The van der Waals surface area contributed by atoms with Crippen molar-refractivity contribution in [3.05, 3.63) is 62.3 Å². The van der Waals surface area contributed by atoms with E-state index < -0.39 is 11.2 Å². The SMILES string of the molecule is CN(CC(=O)c1c(N)n(Cc2ccccc2)c(=O)n(C)c1=O)C1CCCC1. The van der Waals surface area contributed by atoms with Gasteiger partial charge in [0.1, 0.15) is 11.4 Å². The fourth-order valence-electron chi connectivity index (χ4n) is 3.74. The van der Waals surface area contributed by atoms with Gasteiger partial charge >= 0.3 is 5.69 Å². The van der Waals surface area contributed by atoms with Crippen molar-refractivity contribution in [2.24, 2.45) is 7.05 Å². The van der Waals surface area contributed by atoms with E-state index in [4.69, 9.17) is 5.73 Å². The average molecular weight is 370 g/mol. The molecule has 1 saturated carbocycles. The molecule has 1 fully saturated rings. The molecule has 1 aliphatic rings. The number of carbonyl (C=O) groups excluding carboxylic acids is 1. The fourth-order valence-corrected chi connectivity index (χ4v) is 3.74. The molecule has 1 aromatic heterocycles. The van der Waals surface area contributed by atoms with Crippen molar-refractivity contribution < 1.29 is 4.79 Å². The van der Waals surface area contributed by atoms with Gasteiger partial charge in [-0.3, -0.25) is 23.6 Å². The molecule has 0 saturated heterocycles. The third kappa shape index (κ3) is 3.88. The van der Waals surface area contributed by atoms with E-state index in [1.807, 2.05) is 42.3 Å². The largest absolute Gasteiger partial charge is 0.384 e. The number of nitrogens with two attached hydrogens (primary N) is 1. The Hall–Kier alpha value is -2.67. The molecule has 7 nitrogen and oxygen atoms in total. The maximum atomic E-state index is 12.9. The Balaban J connectivity index is 1.96. The van der Waals surface area contributed by atoms with E-state index >= 15 is 0 Å². The minimum atomic E-state index is -0.633. The molecule has 2 N–H and O–H groups in total. The molecule has 7 heteroatoms. The zero-order valence-electron chi connectivity index (χ0n) is 15.9. The van der Waals surface area contributed by atoms with Crippen LogP contribution in [0.1, 0.15) is 41.6 Å². The number of carbonyl (C=O) groups is 1. The quantitative estimate of drug-likeness (QED) is 0.773. The zero-order chi connectivity index (χ0) is 19.6. The van der Waals surface area contributed by atoms with Crippen LogP contribution in [-0.2, 0) is 13.6 Å². The lowest BCUT2D eigenvalue weighted by atomic mass is 10.1. The maximum absolute atomic E-state index is 12.9. The van der Waals surface area contributed by atoms with Crippen LogP contribution in [0.2, 0.25) is 0 Å². The molecule has 3 rings (SSSR count). The maximum Gasteiger partial charge on any atom is 0.332 e. The van der Waals surface area contributed by atoms with Gasteiger partial charge in [0.2, 0.25) is 0 Å². The number of nitrogens with zero attached hydrogens (tertiary/aromatic N) is 3. The van der Waals surface area contributed by atoms with Gasteiger partial charge in [-0.15, -0.1) is 0 Å². The number of ketones is 1. The van der Waals surface area contributed by atoms with Gasteiger partial charge < -0.3 is 5.73 Å². The predicted octanol–water partition coefficient (Wildman–Crippen LogP) is 1.23. The first-order valence-electron chi connectivity index (χ1n) is 9.26. The first kappa shape index (κ1) is 19.1. The molecule has 1 aliphatic carbocycles. The van der Waals surface area contributed by atoms with Gasteiger partial charge in [-0.25, -0.2) is 4.79 Å². The van der Waals surface area contributed by atoms with Crippen molar-refractivity contribution in [2.45, 2.75) is 38.3 Å². The summed E-state index contributed by atoms with van der Waals surface area (Å²) in [4.78, 5) is 40.0. The van der Waals surface area contributed by atoms with Crippen LogP contribution in [0.15, 0.2) is 39.9 Å². The van der Waals surface area contributed by atoms with Crippen molar-refractivity contribution in [3.8, 4) is 0 Å². The molecule has 0 spiro atoms. The smallest absolute Gasteiger partial charge is 0.332 e. The highest BCUT2D eigenvalue weighted by molar-refractivity contribution is 6.01. The van der Waals surface area contributed by atoms with Crippen LogP contribution in [0.25, 0.3) is 0 Å². The number of hydrogen-bond donors (Lipinski definition) is 1. The molecule has 0 aliphatic heterocycles. The molecule has 1 heterocycles. The summed E-state index contributed by atoms with van der Waals surface area (Å²) in [6.07, 6.45) is 4.44. The second kappa shape index (κ2) is 7.92. The zero-order valence-corrected chi connectivity index (χ0v) is 15.9. The van der Waals surface area contributed by atoms with E-state index in [2.05, 4.69) is 0 Å². The van der Waals surface area contributed by atoms with Crippen LogP contribution < -0.4 is 17.0 Å². The summed E-state index contributed by atoms with van der Waals surface area (Å²) < 4.78 is 2.25. The Morgan fingerprint density at radius 1 is 1.19 bits per heavy atom. The molecule has 0 unspecified atom stereocenters. The molecule has 0 atom stereocenters. The summed E-state index contributed by atoms with van der Waals surface area (Å²) >= 11 is 0. The van der Waals surface area contributed by atoms with Crippen LogP contribution in [0.5, 0.6) is 0 Å². The first-order valence-corrected chi connectivity index (χ1v) is 9.26. The molecule has 0 bridgehead atoms. The Kier molecular flexibility index (Phi) is 5.60. The number of hydrogen-bond acceptors (Lipinski definition) is 5. The van der Waals surface area contributed by atoms with Crippen LogP contribution >= 0.6 is 0 Å². The number of nitrogen functional groups attached to an aromatic ring is 1.